The van der Waals surface area contributed by atoms with Gasteiger partial charge in [0.1, 0.15) is 0 Å². The highest BCUT2D eigenvalue weighted by Crippen LogP contribution is 1.89. The van der Waals surface area contributed by atoms with Crippen LogP contribution in [0.25, 0.3) is 0 Å². The van der Waals surface area contributed by atoms with Crippen molar-refractivity contribution in [3.63, 3.8) is 0 Å². The SMILES string of the molecule is CCO.CN1CC(=O)NC1=N.COC(=O)C(C)=O. The summed E-state index contributed by atoms with van der Waals surface area (Å²) in [5.41, 5.74) is 0. The van der Waals surface area contributed by atoms with Gasteiger partial charge in [-0.15, -0.1) is 0 Å². The molecule has 8 nitrogen and oxygen atoms in total. The van der Waals surface area contributed by atoms with Gasteiger partial charge in [0.2, 0.25) is 11.7 Å². The molecule has 1 amide bonds. The summed E-state index contributed by atoms with van der Waals surface area (Å²) in [6.07, 6.45) is 0. The molecule has 1 saturated heterocycles. The molecule has 0 unspecified atom stereocenters. The number of nitrogens with one attached hydrogen (secondary N) is 2. The molecule has 1 rings (SSSR count). The Morgan fingerprint density at radius 3 is 2.06 bits per heavy atom. The van der Waals surface area contributed by atoms with E-state index in [0.29, 0.717) is 6.54 Å². The predicted molar refractivity (Wildman–Crippen MR) is 64.0 cm³/mol. The smallest absolute Gasteiger partial charge is 0.374 e. The van der Waals surface area contributed by atoms with Crippen LogP contribution in [-0.4, -0.2) is 60.9 Å². The lowest BCUT2D eigenvalue weighted by molar-refractivity contribution is -0.150. The van der Waals surface area contributed by atoms with Gasteiger partial charge < -0.3 is 14.7 Å². The minimum Gasteiger partial charge on any atom is -0.463 e. The fourth-order valence-electron chi connectivity index (χ4n) is 0.705. The van der Waals surface area contributed by atoms with Crippen LogP contribution in [0.5, 0.6) is 0 Å². The number of methoxy groups -OCH3 is 1. The van der Waals surface area contributed by atoms with Gasteiger partial charge in [-0.25, -0.2) is 4.79 Å². The number of hydrogen-bond donors (Lipinski definition) is 3. The Morgan fingerprint density at radius 1 is 1.56 bits per heavy atom. The number of ketones is 1. The maximum absolute atomic E-state index is 10.4. The van der Waals surface area contributed by atoms with Crippen LogP contribution in [0.4, 0.5) is 0 Å². The number of aliphatic hydroxyl groups excluding tert-OH is 1. The van der Waals surface area contributed by atoms with E-state index in [0.717, 1.165) is 6.92 Å². The van der Waals surface area contributed by atoms with Crippen LogP contribution in [0.3, 0.4) is 0 Å². The van der Waals surface area contributed by atoms with E-state index in [1.807, 2.05) is 0 Å². The number of esters is 1. The number of guanidine groups is 1. The van der Waals surface area contributed by atoms with Gasteiger partial charge in [0, 0.05) is 20.6 Å². The van der Waals surface area contributed by atoms with Crippen LogP contribution < -0.4 is 5.32 Å². The molecule has 1 aliphatic heterocycles. The summed E-state index contributed by atoms with van der Waals surface area (Å²) < 4.78 is 4.02. The molecule has 0 aromatic carbocycles. The Labute approximate surface area is 105 Å². The van der Waals surface area contributed by atoms with Crippen LogP contribution in [0.15, 0.2) is 0 Å². The number of hydrogen-bond acceptors (Lipinski definition) is 6. The third kappa shape index (κ3) is 9.28. The molecule has 18 heavy (non-hydrogen) atoms. The Kier molecular flexibility index (Phi) is 10.4. The van der Waals surface area contributed by atoms with E-state index >= 15 is 0 Å². The molecule has 1 aliphatic rings. The van der Waals surface area contributed by atoms with Crippen LogP contribution in [0.2, 0.25) is 0 Å². The van der Waals surface area contributed by atoms with Crippen molar-refractivity contribution in [3.8, 4) is 0 Å². The fraction of sp³-hybridized carbons (Fsp3) is 0.600. The number of Topliss-reactive ketones (excluding diaryl/α,β-unsaturated/α-hetero) is 1. The van der Waals surface area contributed by atoms with Gasteiger partial charge in [0.15, 0.2) is 5.96 Å². The second-order valence-electron chi connectivity index (χ2n) is 3.12. The van der Waals surface area contributed by atoms with E-state index in [1.54, 1.807) is 18.9 Å². The molecule has 0 bridgehead atoms. The zero-order chi connectivity index (χ0) is 14.7. The third-order valence-corrected chi connectivity index (χ3v) is 1.49. The molecule has 1 heterocycles. The molecule has 0 saturated carbocycles. The highest BCUT2D eigenvalue weighted by atomic mass is 16.5. The number of aliphatic hydroxyl groups is 1. The first kappa shape index (κ1) is 18.4. The number of carbonyl (C=O) groups excluding carboxylic acids is 3. The minimum absolute atomic E-state index is 0.0995. The minimum atomic E-state index is -0.792. The Balaban J connectivity index is 0. The maximum atomic E-state index is 10.4. The molecular weight excluding hydrogens is 242 g/mol. The molecule has 104 valence electrons. The van der Waals surface area contributed by atoms with Crippen molar-refractivity contribution in [2.75, 3.05) is 27.3 Å². The lowest BCUT2D eigenvalue weighted by atomic mass is 10.5. The Bertz CT molecular complexity index is 317. The topological polar surface area (TPSA) is 120 Å². The molecule has 8 heteroatoms. The summed E-state index contributed by atoms with van der Waals surface area (Å²) in [7, 11) is 2.87. The molecular formula is C10H19N3O5. The quantitative estimate of drug-likeness (QED) is 0.400. The Morgan fingerprint density at radius 2 is 2.00 bits per heavy atom. The fourth-order valence-corrected chi connectivity index (χ4v) is 0.705. The van der Waals surface area contributed by atoms with Crippen molar-refractivity contribution in [2.45, 2.75) is 13.8 Å². The summed E-state index contributed by atoms with van der Waals surface area (Å²) in [4.78, 5) is 31.8. The van der Waals surface area contributed by atoms with Gasteiger partial charge in [0.25, 0.3) is 0 Å². The monoisotopic (exact) mass is 261 g/mol. The summed E-state index contributed by atoms with van der Waals surface area (Å²) >= 11 is 0. The van der Waals surface area contributed by atoms with Gasteiger partial charge >= 0.3 is 5.97 Å². The lowest BCUT2D eigenvalue weighted by Gasteiger charge is -2.03. The average Bonchev–Trinajstić information content (AvgIpc) is 2.57. The highest BCUT2D eigenvalue weighted by Gasteiger charge is 2.18. The van der Waals surface area contributed by atoms with Crippen molar-refractivity contribution in [2.24, 2.45) is 0 Å². The van der Waals surface area contributed by atoms with Gasteiger partial charge in [-0.05, 0) is 6.92 Å². The first-order valence-electron chi connectivity index (χ1n) is 5.09. The van der Waals surface area contributed by atoms with Crippen molar-refractivity contribution in [1.29, 1.82) is 5.41 Å². The average molecular weight is 261 g/mol. The van der Waals surface area contributed by atoms with Gasteiger partial charge in [-0.3, -0.25) is 20.3 Å². The van der Waals surface area contributed by atoms with Crippen molar-refractivity contribution in [3.05, 3.63) is 0 Å². The van der Waals surface area contributed by atoms with Crippen LogP contribution >= 0.6 is 0 Å². The van der Waals surface area contributed by atoms with E-state index < -0.39 is 11.8 Å². The van der Waals surface area contributed by atoms with Crippen LogP contribution in [0, 0.1) is 5.41 Å². The van der Waals surface area contributed by atoms with E-state index in [-0.39, 0.29) is 18.5 Å². The zero-order valence-corrected chi connectivity index (χ0v) is 10.9. The Hall–Kier alpha value is -1.96. The van der Waals surface area contributed by atoms with Gasteiger partial charge in [-0.1, -0.05) is 0 Å². The molecule has 0 aliphatic carbocycles. The summed E-state index contributed by atoms with van der Waals surface area (Å²) in [5, 5.41) is 16.9. The van der Waals surface area contributed by atoms with Gasteiger partial charge in [0.05, 0.1) is 13.7 Å². The molecule has 3 N–H and O–H groups in total. The van der Waals surface area contributed by atoms with Crippen LogP contribution in [-0.2, 0) is 19.1 Å². The van der Waals surface area contributed by atoms with E-state index in [9.17, 15) is 14.4 Å². The normalized spacial score (nSPS) is 12.6. The predicted octanol–water partition coefficient (Wildman–Crippen LogP) is -1.27. The van der Waals surface area contributed by atoms with Crippen molar-refractivity contribution in [1.82, 2.24) is 10.2 Å². The maximum Gasteiger partial charge on any atom is 0.374 e. The lowest BCUT2D eigenvalue weighted by Crippen LogP contribution is -2.25. The van der Waals surface area contributed by atoms with Gasteiger partial charge in [-0.2, -0.15) is 0 Å². The highest BCUT2D eigenvalue weighted by molar-refractivity contribution is 6.32. The second-order valence-corrected chi connectivity index (χ2v) is 3.12. The number of rotatable bonds is 1. The largest absolute Gasteiger partial charge is 0.463 e. The molecule has 1 fully saturated rings. The van der Waals surface area contributed by atoms with E-state index in [2.05, 4.69) is 10.1 Å². The summed E-state index contributed by atoms with van der Waals surface area (Å²) in [6.45, 7) is 3.41. The van der Waals surface area contributed by atoms with Crippen molar-refractivity contribution < 1.29 is 24.2 Å². The molecule has 0 aromatic heterocycles. The third-order valence-electron chi connectivity index (χ3n) is 1.49. The molecule has 0 radical (unpaired) electrons. The number of carbonyl (C=O) groups is 3. The number of likely N-dealkylation sites (N-methyl/N-ethyl adjacent to an activating group) is 1. The standard InChI is InChI=1S/C4H7N3O.C4H6O3.C2H6O/c1-7-2-3(8)6-4(7)5;1-3(5)4(6)7-2;1-2-3/h2H2,1H3,(H2,5,6,8);1-2H3;3H,2H2,1H3. The number of ether oxygens (including phenoxy) is 1. The first-order chi connectivity index (χ1) is 8.29. The second kappa shape index (κ2) is 10.2. The first-order valence-corrected chi connectivity index (χ1v) is 5.09. The summed E-state index contributed by atoms with van der Waals surface area (Å²) in [6, 6.07) is 0. The molecule has 0 aromatic rings. The number of amides is 1. The number of nitrogens with zero attached hydrogens (tertiary/aromatic N) is 1. The molecule has 0 spiro atoms. The van der Waals surface area contributed by atoms with Crippen LogP contribution in [0.1, 0.15) is 13.8 Å². The molecule has 0 atom stereocenters. The van der Waals surface area contributed by atoms with E-state index in [1.165, 1.54) is 7.11 Å². The summed E-state index contributed by atoms with van der Waals surface area (Å²) in [5.74, 6) is -1.27. The van der Waals surface area contributed by atoms with Crippen molar-refractivity contribution >= 4 is 23.6 Å². The zero-order valence-electron chi connectivity index (χ0n) is 10.9. The van der Waals surface area contributed by atoms with E-state index in [4.69, 9.17) is 10.5 Å².